The van der Waals surface area contributed by atoms with Crippen LogP contribution in [0.2, 0.25) is 0 Å². The summed E-state index contributed by atoms with van der Waals surface area (Å²) < 4.78 is 0. The monoisotopic (exact) mass is 234 g/mol. The highest BCUT2D eigenvalue weighted by Gasteiger charge is 2.14. The van der Waals surface area contributed by atoms with Crippen LogP contribution in [0.1, 0.15) is 56.1 Å². The molecule has 0 aliphatic rings. The van der Waals surface area contributed by atoms with E-state index in [1.807, 2.05) is 0 Å². The van der Waals surface area contributed by atoms with Gasteiger partial charge in [-0.05, 0) is 50.9 Å². The van der Waals surface area contributed by atoms with Crippen molar-refractivity contribution in [3.63, 3.8) is 0 Å². The Bertz CT molecular complexity index is 327. The lowest BCUT2D eigenvalue weighted by Gasteiger charge is -2.21. The van der Waals surface area contributed by atoms with E-state index in [0.29, 0.717) is 6.04 Å². The number of aryl methyl sites for hydroxylation is 2. The lowest BCUT2D eigenvalue weighted by atomic mass is 9.93. The second-order valence-corrected chi connectivity index (χ2v) is 5.15. The number of aromatic nitrogens is 1. The van der Waals surface area contributed by atoms with Gasteiger partial charge in [0.05, 0.1) is 0 Å². The maximum absolute atomic E-state index is 4.44. The van der Waals surface area contributed by atoms with Gasteiger partial charge in [0.15, 0.2) is 0 Å². The van der Waals surface area contributed by atoms with E-state index in [2.05, 4.69) is 57.2 Å². The van der Waals surface area contributed by atoms with E-state index in [0.717, 1.165) is 17.3 Å². The van der Waals surface area contributed by atoms with Crippen molar-refractivity contribution in [1.82, 2.24) is 10.3 Å². The van der Waals surface area contributed by atoms with Gasteiger partial charge in [0.25, 0.3) is 0 Å². The van der Waals surface area contributed by atoms with Crippen LogP contribution in [0.25, 0.3) is 0 Å². The van der Waals surface area contributed by atoms with Gasteiger partial charge >= 0.3 is 0 Å². The minimum Gasteiger partial charge on any atom is -0.313 e. The number of hydrogen-bond donors (Lipinski definition) is 1. The Morgan fingerprint density at radius 3 is 2.29 bits per heavy atom. The van der Waals surface area contributed by atoms with E-state index in [1.165, 1.54) is 24.8 Å². The van der Waals surface area contributed by atoms with Crippen molar-refractivity contribution in [2.45, 2.75) is 53.0 Å². The average molecular weight is 234 g/mol. The predicted molar refractivity (Wildman–Crippen MR) is 74.2 cm³/mol. The van der Waals surface area contributed by atoms with Crippen molar-refractivity contribution in [2.24, 2.45) is 5.92 Å². The maximum Gasteiger partial charge on any atom is 0.0379 e. The van der Waals surface area contributed by atoms with Gasteiger partial charge in [-0.25, -0.2) is 0 Å². The molecule has 2 unspecified atom stereocenters. The van der Waals surface area contributed by atoms with Gasteiger partial charge in [-0.3, -0.25) is 4.98 Å². The third-order valence-electron chi connectivity index (χ3n) is 3.27. The Morgan fingerprint density at radius 2 is 1.82 bits per heavy atom. The summed E-state index contributed by atoms with van der Waals surface area (Å²) in [7, 11) is 2.05. The van der Waals surface area contributed by atoms with Gasteiger partial charge in [0.1, 0.15) is 0 Å². The molecule has 17 heavy (non-hydrogen) atoms. The molecule has 0 aliphatic carbocycles. The molecule has 0 saturated heterocycles. The van der Waals surface area contributed by atoms with Gasteiger partial charge in [0.2, 0.25) is 0 Å². The molecule has 0 aromatic carbocycles. The fourth-order valence-corrected chi connectivity index (χ4v) is 2.50. The van der Waals surface area contributed by atoms with Crippen LogP contribution in [0.15, 0.2) is 12.1 Å². The van der Waals surface area contributed by atoms with Crippen LogP contribution < -0.4 is 5.32 Å². The summed E-state index contributed by atoms with van der Waals surface area (Å²) in [5.74, 6) is 0.770. The lowest BCUT2D eigenvalue weighted by molar-refractivity contribution is 0.406. The summed E-state index contributed by atoms with van der Waals surface area (Å²) in [6, 6.07) is 4.86. The van der Waals surface area contributed by atoms with Crippen molar-refractivity contribution in [3.8, 4) is 0 Å². The van der Waals surface area contributed by atoms with Crippen molar-refractivity contribution < 1.29 is 0 Å². The molecule has 0 saturated carbocycles. The molecule has 1 rings (SSSR count). The molecule has 2 nitrogen and oxygen atoms in total. The van der Waals surface area contributed by atoms with Crippen LogP contribution in [0, 0.1) is 19.8 Å². The summed E-state index contributed by atoms with van der Waals surface area (Å²) in [5, 5.41) is 3.43. The van der Waals surface area contributed by atoms with Gasteiger partial charge in [-0.15, -0.1) is 0 Å². The summed E-state index contributed by atoms with van der Waals surface area (Å²) >= 11 is 0. The Balaban J connectivity index is 2.78. The molecular formula is C15H26N2. The number of nitrogens with one attached hydrogen (secondary N) is 1. The number of nitrogens with zero attached hydrogens (tertiary/aromatic N) is 1. The topological polar surface area (TPSA) is 24.9 Å². The first-order chi connectivity index (χ1) is 8.06. The van der Waals surface area contributed by atoms with Crippen molar-refractivity contribution in [2.75, 3.05) is 7.05 Å². The summed E-state index contributed by atoms with van der Waals surface area (Å²) in [4.78, 5) is 4.44. The first kappa shape index (κ1) is 14.2. The van der Waals surface area contributed by atoms with E-state index in [9.17, 15) is 0 Å². The molecule has 0 spiro atoms. The molecule has 0 amide bonds. The minimum atomic E-state index is 0.456. The highest BCUT2D eigenvalue weighted by Crippen LogP contribution is 2.24. The van der Waals surface area contributed by atoms with Crippen LogP contribution in [0.5, 0.6) is 0 Å². The predicted octanol–water partition coefficient (Wildman–Crippen LogP) is 3.79. The molecule has 0 bridgehead atoms. The van der Waals surface area contributed by atoms with Gasteiger partial charge in [-0.1, -0.05) is 26.7 Å². The Hall–Kier alpha value is -0.890. The molecule has 0 fully saturated rings. The third-order valence-corrected chi connectivity index (χ3v) is 3.27. The summed E-state index contributed by atoms with van der Waals surface area (Å²) in [5.41, 5.74) is 3.60. The smallest absolute Gasteiger partial charge is 0.0379 e. The van der Waals surface area contributed by atoms with Crippen LogP contribution in [-0.4, -0.2) is 12.0 Å². The van der Waals surface area contributed by atoms with Gasteiger partial charge in [-0.2, -0.15) is 0 Å². The summed E-state index contributed by atoms with van der Waals surface area (Å²) in [6.07, 6.45) is 3.78. The van der Waals surface area contributed by atoms with Crippen molar-refractivity contribution in [3.05, 3.63) is 29.1 Å². The fourth-order valence-electron chi connectivity index (χ4n) is 2.50. The molecule has 96 valence electrons. The van der Waals surface area contributed by atoms with Gasteiger partial charge in [0, 0.05) is 17.4 Å². The largest absolute Gasteiger partial charge is 0.313 e. The zero-order valence-corrected chi connectivity index (χ0v) is 11.9. The van der Waals surface area contributed by atoms with Crippen LogP contribution >= 0.6 is 0 Å². The van der Waals surface area contributed by atoms with E-state index < -0.39 is 0 Å². The van der Waals surface area contributed by atoms with E-state index in [4.69, 9.17) is 0 Å². The Labute approximate surface area is 106 Å². The maximum atomic E-state index is 4.44. The average Bonchev–Trinajstić information content (AvgIpc) is 2.24. The van der Waals surface area contributed by atoms with E-state index in [1.54, 1.807) is 0 Å². The second kappa shape index (κ2) is 6.75. The first-order valence-corrected chi connectivity index (χ1v) is 6.69. The molecule has 2 atom stereocenters. The highest BCUT2D eigenvalue weighted by atomic mass is 14.9. The molecule has 0 aliphatic heterocycles. The molecule has 2 heteroatoms. The van der Waals surface area contributed by atoms with Crippen LogP contribution in [0.4, 0.5) is 0 Å². The standard InChI is InChI=1S/C15H26N2/c1-6-7-11(2)8-15(16-5)14-9-12(3)17-13(4)10-14/h9-11,15-16H,6-8H2,1-5H3. The van der Waals surface area contributed by atoms with Crippen LogP contribution in [-0.2, 0) is 0 Å². The zero-order valence-electron chi connectivity index (χ0n) is 11.9. The molecular weight excluding hydrogens is 208 g/mol. The van der Waals surface area contributed by atoms with E-state index >= 15 is 0 Å². The third kappa shape index (κ3) is 4.47. The zero-order chi connectivity index (χ0) is 12.8. The van der Waals surface area contributed by atoms with Crippen molar-refractivity contribution in [1.29, 1.82) is 0 Å². The van der Waals surface area contributed by atoms with E-state index in [-0.39, 0.29) is 0 Å². The Morgan fingerprint density at radius 1 is 1.24 bits per heavy atom. The first-order valence-electron chi connectivity index (χ1n) is 6.69. The fraction of sp³-hybridized carbons (Fsp3) is 0.667. The molecule has 1 aromatic heterocycles. The highest BCUT2D eigenvalue weighted by molar-refractivity contribution is 5.23. The van der Waals surface area contributed by atoms with Gasteiger partial charge < -0.3 is 5.32 Å². The van der Waals surface area contributed by atoms with Crippen LogP contribution in [0.3, 0.4) is 0 Å². The quantitative estimate of drug-likeness (QED) is 0.810. The Kier molecular flexibility index (Phi) is 5.63. The second-order valence-electron chi connectivity index (χ2n) is 5.15. The lowest BCUT2D eigenvalue weighted by Crippen LogP contribution is -2.19. The number of pyridine rings is 1. The molecule has 1 aromatic rings. The minimum absolute atomic E-state index is 0.456. The summed E-state index contributed by atoms with van der Waals surface area (Å²) in [6.45, 7) is 8.73. The number of rotatable bonds is 6. The molecule has 1 N–H and O–H groups in total. The molecule has 0 radical (unpaired) electrons. The normalized spacial score (nSPS) is 14.6. The SMILES string of the molecule is CCCC(C)CC(NC)c1cc(C)nc(C)c1. The van der Waals surface area contributed by atoms with Crippen molar-refractivity contribution >= 4 is 0 Å². The molecule has 1 heterocycles. The number of hydrogen-bond acceptors (Lipinski definition) is 2.